The Morgan fingerprint density at radius 2 is 1.77 bits per heavy atom. The minimum atomic E-state index is -0.757. The third kappa shape index (κ3) is 6.33. The van der Waals surface area contributed by atoms with E-state index >= 15 is 0 Å². The second-order valence-corrected chi connectivity index (χ2v) is 7.51. The monoisotopic (exact) mass is 424 g/mol. The highest BCUT2D eigenvalue weighted by atomic mass is 16.6. The largest absolute Gasteiger partial charge is 0.489 e. The van der Waals surface area contributed by atoms with Crippen LogP contribution < -0.4 is 15.4 Å². The van der Waals surface area contributed by atoms with E-state index in [0.717, 1.165) is 11.1 Å². The maximum atomic E-state index is 12.7. The number of urea groups is 1. The standard InChI is InChI=1S/C24H28N2O5/c1-16(2)29-13-14-30-23(27)21-17(3)25-24(28)26-22(21)19-9-11-20(12-10-19)31-15-18-7-5-4-6-8-18/h4-12,16,21-22H,3,13-15H2,1-2H3,(H2,25,26,28)/t21-,22+/m1/s1. The van der Waals surface area contributed by atoms with Gasteiger partial charge in [0.05, 0.1) is 18.8 Å². The summed E-state index contributed by atoms with van der Waals surface area (Å²) in [7, 11) is 0. The number of hydrogen-bond acceptors (Lipinski definition) is 5. The smallest absolute Gasteiger partial charge is 0.319 e. The fourth-order valence-electron chi connectivity index (χ4n) is 3.27. The molecule has 2 atom stereocenters. The molecule has 1 saturated heterocycles. The minimum absolute atomic E-state index is 0.0553. The molecule has 1 heterocycles. The first-order chi connectivity index (χ1) is 14.9. The average molecular weight is 424 g/mol. The number of esters is 1. The van der Waals surface area contributed by atoms with Crippen molar-refractivity contribution in [1.82, 2.24) is 10.6 Å². The molecule has 0 radical (unpaired) electrons. The van der Waals surface area contributed by atoms with E-state index in [1.807, 2.05) is 68.4 Å². The van der Waals surface area contributed by atoms with Crippen molar-refractivity contribution in [2.45, 2.75) is 32.6 Å². The van der Waals surface area contributed by atoms with Gasteiger partial charge in [0.1, 0.15) is 24.9 Å². The highest BCUT2D eigenvalue weighted by Crippen LogP contribution is 2.31. The van der Waals surface area contributed by atoms with Gasteiger partial charge in [-0.1, -0.05) is 49.0 Å². The number of benzene rings is 2. The molecule has 2 amide bonds. The topological polar surface area (TPSA) is 85.9 Å². The lowest BCUT2D eigenvalue weighted by Gasteiger charge is -2.33. The van der Waals surface area contributed by atoms with Gasteiger partial charge in [-0.15, -0.1) is 0 Å². The molecule has 0 aromatic heterocycles. The molecule has 7 heteroatoms. The van der Waals surface area contributed by atoms with E-state index < -0.39 is 24.0 Å². The molecule has 1 aliphatic heterocycles. The maximum Gasteiger partial charge on any atom is 0.319 e. The summed E-state index contributed by atoms with van der Waals surface area (Å²) in [5.41, 5.74) is 2.12. The zero-order valence-corrected chi connectivity index (χ0v) is 17.8. The predicted octanol–water partition coefficient (Wildman–Crippen LogP) is 3.72. The minimum Gasteiger partial charge on any atom is -0.489 e. The van der Waals surface area contributed by atoms with E-state index in [1.54, 1.807) is 0 Å². The van der Waals surface area contributed by atoms with Crippen molar-refractivity contribution >= 4 is 12.0 Å². The van der Waals surface area contributed by atoms with Crippen molar-refractivity contribution in [2.24, 2.45) is 5.92 Å². The van der Waals surface area contributed by atoms with Crippen LogP contribution in [0.2, 0.25) is 0 Å². The SMILES string of the molecule is C=C1NC(=O)N[C@@H](c2ccc(OCc3ccccc3)cc2)[C@@H]1C(=O)OCCOC(C)C. The molecule has 0 aliphatic carbocycles. The van der Waals surface area contributed by atoms with E-state index in [2.05, 4.69) is 17.2 Å². The van der Waals surface area contributed by atoms with Crippen LogP contribution in [-0.4, -0.2) is 31.3 Å². The first-order valence-electron chi connectivity index (χ1n) is 10.3. The molecule has 1 fully saturated rings. The zero-order chi connectivity index (χ0) is 22.2. The highest BCUT2D eigenvalue weighted by Gasteiger charge is 2.38. The van der Waals surface area contributed by atoms with Gasteiger partial charge < -0.3 is 24.8 Å². The van der Waals surface area contributed by atoms with E-state index in [0.29, 0.717) is 24.7 Å². The van der Waals surface area contributed by atoms with Gasteiger partial charge in [0.25, 0.3) is 0 Å². The van der Waals surface area contributed by atoms with Crippen LogP contribution in [0.1, 0.15) is 31.0 Å². The second-order valence-electron chi connectivity index (χ2n) is 7.51. The molecule has 0 saturated carbocycles. The van der Waals surface area contributed by atoms with Crippen molar-refractivity contribution in [3.05, 3.63) is 78.0 Å². The first kappa shape index (κ1) is 22.4. The number of rotatable bonds is 9. The Bertz CT molecular complexity index is 896. The lowest BCUT2D eigenvalue weighted by Crippen LogP contribution is -2.51. The van der Waals surface area contributed by atoms with Crippen molar-refractivity contribution < 1.29 is 23.8 Å². The molecule has 2 N–H and O–H groups in total. The molecule has 31 heavy (non-hydrogen) atoms. The van der Waals surface area contributed by atoms with Gasteiger partial charge >= 0.3 is 12.0 Å². The zero-order valence-electron chi connectivity index (χ0n) is 17.8. The van der Waals surface area contributed by atoms with Gasteiger partial charge in [0.15, 0.2) is 0 Å². The summed E-state index contributed by atoms with van der Waals surface area (Å²) in [4.78, 5) is 24.7. The number of ether oxygens (including phenoxy) is 3. The van der Waals surface area contributed by atoms with Crippen LogP contribution in [0.25, 0.3) is 0 Å². The summed E-state index contributed by atoms with van der Waals surface area (Å²) in [6.07, 6.45) is 0.0553. The Hall–Kier alpha value is -3.32. The fourth-order valence-corrected chi connectivity index (χ4v) is 3.27. The Balaban J connectivity index is 1.66. The summed E-state index contributed by atoms with van der Waals surface area (Å²) in [5.74, 6) is -0.538. The Kier molecular flexibility index (Phi) is 7.67. The normalized spacial score (nSPS) is 18.3. The molecule has 1 aliphatic rings. The average Bonchev–Trinajstić information content (AvgIpc) is 2.75. The van der Waals surface area contributed by atoms with Gasteiger partial charge in [0, 0.05) is 5.70 Å². The number of carbonyl (C=O) groups is 2. The first-order valence-corrected chi connectivity index (χ1v) is 10.3. The molecule has 2 aromatic carbocycles. The number of carbonyl (C=O) groups excluding carboxylic acids is 2. The van der Waals surface area contributed by atoms with E-state index in [9.17, 15) is 9.59 Å². The van der Waals surface area contributed by atoms with Gasteiger partial charge in [-0.25, -0.2) is 4.79 Å². The second kappa shape index (κ2) is 10.6. The van der Waals surface area contributed by atoms with E-state index in [-0.39, 0.29) is 12.7 Å². The Labute approximate surface area is 182 Å². The number of amides is 2. The number of nitrogens with one attached hydrogen (secondary N) is 2. The quantitative estimate of drug-likeness (QED) is 0.473. The van der Waals surface area contributed by atoms with Crippen LogP contribution >= 0.6 is 0 Å². The van der Waals surface area contributed by atoms with Crippen molar-refractivity contribution in [3.63, 3.8) is 0 Å². The third-order valence-electron chi connectivity index (χ3n) is 4.79. The van der Waals surface area contributed by atoms with Crippen LogP contribution in [0.15, 0.2) is 66.9 Å². The summed E-state index contributed by atoms with van der Waals surface area (Å²) < 4.78 is 16.6. The van der Waals surface area contributed by atoms with Crippen molar-refractivity contribution in [2.75, 3.05) is 13.2 Å². The highest BCUT2D eigenvalue weighted by molar-refractivity contribution is 5.85. The van der Waals surface area contributed by atoms with Crippen LogP contribution in [0.5, 0.6) is 5.75 Å². The molecule has 3 rings (SSSR count). The Morgan fingerprint density at radius 3 is 2.45 bits per heavy atom. The number of hydrogen-bond donors (Lipinski definition) is 2. The van der Waals surface area contributed by atoms with Crippen molar-refractivity contribution in [3.8, 4) is 5.75 Å². The lowest BCUT2D eigenvalue weighted by atomic mass is 9.89. The molecular formula is C24H28N2O5. The molecule has 0 unspecified atom stereocenters. The molecule has 0 bridgehead atoms. The van der Waals surface area contributed by atoms with E-state index in [1.165, 1.54) is 0 Å². The van der Waals surface area contributed by atoms with Gasteiger partial charge in [0.2, 0.25) is 0 Å². The summed E-state index contributed by atoms with van der Waals surface area (Å²) >= 11 is 0. The molecular weight excluding hydrogens is 396 g/mol. The molecule has 2 aromatic rings. The van der Waals surface area contributed by atoms with Gasteiger partial charge in [-0.05, 0) is 37.1 Å². The van der Waals surface area contributed by atoms with Crippen molar-refractivity contribution in [1.29, 1.82) is 0 Å². The van der Waals surface area contributed by atoms with Crippen LogP contribution in [0, 0.1) is 5.92 Å². The molecule has 0 spiro atoms. The summed E-state index contributed by atoms with van der Waals surface area (Å²) in [6, 6.07) is 16.1. The van der Waals surface area contributed by atoms with Crippen LogP contribution in [-0.2, 0) is 20.9 Å². The molecule has 164 valence electrons. The Morgan fingerprint density at radius 1 is 1.06 bits per heavy atom. The van der Waals surface area contributed by atoms with E-state index in [4.69, 9.17) is 14.2 Å². The third-order valence-corrected chi connectivity index (χ3v) is 4.79. The summed E-state index contributed by atoms with van der Waals surface area (Å²) in [5, 5.41) is 5.36. The van der Waals surface area contributed by atoms with Gasteiger partial charge in [-0.2, -0.15) is 0 Å². The van der Waals surface area contributed by atoms with Crippen LogP contribution in [0.4, 0.5) is 4.79 Å². The predicted molar refractivity (Wildman–Crippen MR) is 116 cm³/mol. The van der Waals surface area contributed by atoms with Gasteiger partial charge in [-0.3, -0.25) is 4.79 Å². The van der Waals surface area contributed by atoms with Crippen LogP contribution in [0.3, 0.4) is 0 Å². The fraction of sp³-hybridized carbons (Fsp3) is 0.333. The molecule has 7 nitrogen and oxygen atoms in total. The summed E-state index contributed by atoms with van der Waals surface area (Å²) in [6.45, 7) is 8.56. The maximum absolute atomic E-state index is 12.7. The lowest BCUT2D eigenvalue weighted by molar-refractivity contribution is -0.150.